The zero-order valence-electron chi connectivity index (χ0n) is 8.67. The molecular weight excluding hydrogens is 269 g/mol. The number of rotatable bonds is 5. The molecule has 1 aromatic rings. The molecule has 0 amide bonds. The van der Waals surface area contributed by atoms with Gasteiger partial charge in [-0.3, -0.25) is 0 Å². The molecule has 0 fully saturated rings. The molecule has 0 aliphatic carbocycles. The molecule has 0 unspecified atom stereocenters. The van der Waals surface area contributed by atoms with Crippen molar-refractivity contribution in [2.75, 3.05) is 11.5 Å². The number of hydrogen-bond donors (Lipinski definition) is 0. The molecule has 0 saturated heterocycles. The third kappa shape index (κ3) is 4.43. The fourth-order valence-electron chi connectivity index (χ4n) is 1.16. The van der Waals surface area contributed by atoms with Gasteiger partial charge in [0.2, 0.25) is 0 Å². The average molecular weight is 282 g/mol. The number of pyridine rings is 1. The molecule has 0 radical (unpaired) electrons. The van der Waals surface area contributed by atoms with Gasteiger partial charge in [-0.1, -0.05) is 37.0 Å². The SMILES string of the molecule is CCSC(SCC)c1cc(Cl)nc(Cl)c1. The molecular formula is C10H13Cl2NS2. The van der Waals surface area contributed by atoms with Crippen LogP contribution in [0.1, 0.15) is 24.0 Å². The van der Waals surface area contributed by atoms with E-state index in [2.05, 4.69) is 18.8 Å². The van der Waals surface area contributed by atoms with E-state index in [1.54, 1.807) is 0 Å². The summed E-state index contributed by atoms with van der Waals surface area (Å²) in [6.07, 6.45) is 0. The lowest BCUT2D eigenvalue weighted by atomic mass is 10.3. The van der Waals surface area contributed by atoms with Gasteiger partial charge in [0.05, 0.1) is 4.58 Å². The molecule has 1 heterocycles. The van der Waals surface area contributed by atoms with Crippen LogP contribution in [0, 0.1) is 0 Å². The van der Waals surface area contributed by atoms with Crippen molar-refractivity contribution >= 4 is 46.7 Å². The first-order valence-electron chi connectivity index (χ1n) is 4.73. The van der Waals surface area contributed by atoms with Crippen LogP contribution in [-0.4, -0.2) is 16.5 Å². The smallest absolute Gasteiger partial charge is 0.131 e. The molecule has 0 aliphatic rings. The quantitative estimate of drug-likeness (QED) is 0.563. The van der Waals surface area contributed by atoms with Crippen molar-refractivity contribution in [1.29, 1.82) is 0 Å². The lowest BCUT2D eigenvalue weighted by Gasteiger charge is -2.15. The molecule has 1 nitrogen and oxygen atoms in total. The molecule has 1 rings (SSSR count). The van der Waals surface area contributed by atoms with E-state index >= 15 is 0 Å². The van der Waals surface area contributed by atoms with Crippen LogP contribution < -0.4 is 0 Å². The summed E-state index contributed by atoms with van der Waals surface area (Å²) < 4.78 is 0.401. The Morgan fingerprint density at radius 2 is 1.60 bits per heavy atom. The standard InChI is InChI=1S/C10H13Cl2NS2/c1-3-14-10(15-4-2)7-5-8(11)13-9(12)6-7/h5-6,10H,3-4H2,1-2H3. The molecule has 0 spiro atoms. The number of thioether (sulfide) groups is 2. The molecule has 84 valence electrons. The van der Waals surface area contributed by atoms with Gasteiger partial charge in [0.1, 0.15) is 10.3 Å². The van der Waals surface area contributed by atoms with Crippen molar-refractivity contribution in [3.8, 4) is 0 Å². The topological polar surface area (TPSA) is 12.9 Å². The summed E-state index contributed by atoms with van der Waals surface area (Å²) in [6, 6.07) is 3.78. The van der Waals surface area contributed by atoms with Crippen LogP contribution in [0.3, 0.4) is 0 Å². The second kappa shape index (κ2) is 6.89. The Morgan fingerprint density at radius 1 is 1.13 bits per heavy atom. The van der Waals surface area contributed by atoms with E-state index in [1.165, 1.54) is 0 Å². The van der Waals surface area contributed by atoms with E-state index in [1.807, 2.05) is 35.7 Å². The van der Waals surface area contributed by atoms with Gasteiger partial charge >= 0.3 is 0 Å². The minimum atomic E-state index is 0.401. The number of hydrogen-bond acceptors (Lipinski definition) is 3. The largest absolute Gasteiger partial charge is 0.224 e. The maximum Gasteiger partial charge on any atom is 0.131 e. The van der Waals surface area contributed by atoms with Gasteiger partial charge in [0.25, 0.3) is 0 Å². The average Bonchev–Trinajstić information content (AvgIpc) is 2.16. The lowest BCUT2D eigenvalue weighted by Crippen LogP contribution is -1.92. The third-order valence-electron chi connectivity index (χ3n) is 1.69. The first-order chi connectivity index (χ1) is 7.17. The molecule has 15 heavy (non-hydrogen) atoms. The van der Waals surface area contributed by atoms with E-state index in [0.717, 1.165) is 17.1 Å². The first-order valence-corrected chi connectivity index (χ1v) is 7.58. The Hall–Kier alpha value is 0.430. The molecule has 0 atom stereocenters. The minimum absolute atomic E-state index is 0.401. The Morgan fingerprint density at radius 3 is 2.00 bits per heavy atom. The maximum atomic E-state index is 5.88. The van der Waals surface area contributed by atoms with Crippen molar-refractivity contribution in [3.63, 3.8) is 0 Å². The molecule has 0 saturated carbocycles. The van der Waals surface area contributed by atoms with Crippen LogP contribution in [0.15, 0.2) is 12.1 Å². The monoisotopic (exact) mass is 281 g/mol. The Balaban J connectivity index is 2.88. The van der Waals surface area contributed by atoms with E-state index < -0.39 is 0 Å². The molecule has 0 bridgehead atoms. The summed E-state index contributed by atoms with van der Waals surface area (Å²) in [7, 11) is 0. The normalized spacial score (nSPS) is 11.0. The molecule has 0 aromatic carbocycles. The zero-order valence-corrected chi connectivity index (χ0v) is 11.8. The van der Waals surface area contributed by atoms with Crippen LogP contribution in [-0.2, 0) is 0 Å². The predicted octanol–water partition coefficient (Wildman–Crippen LogP) is 4.89. The molecule has 1 aromatic heterocycles. The first kappa shape index (κ1) is 13.5. The van der Waals surface area contributed by atoms with Crippen molar-refractivity contribution in [2.24, 2.45) is 0 Å². The highest BCUT2D eigenvalue weighted by Crippen LogP contribution is 2.40. The fraction of sp³-hybridized carbons (Fsp3) is 0.500. The van der Waals surface area contributed by atoms with Crippen molar-refractivity contribution in [1.82, 2.24) is 4.98 Å². The Kier molecular flexibility index (Phi) is 6.20. The van der Waals surface area contributed by atoms with Crippen LogP contribution in [0.2, 0.25) is 10.3 Å². The lowest BCUT2D eigenvalue weighted by molar-refractivity contribution is 1.25. The number of halogens is 2. The molecule has 5 heteroatoms. The summed E-state index contributed by atoms with van der Waals surface area (Å²) in [5.41, 5.74) is 1.15. The Bertz CT molecular complexity index is 294. The van der Waals surface area contributed by atoms with Crippen LogP contribution in [0.5, 0.6) is 0 Å². The van der Waals surface area contributed by atoms with Crippen LogP contribution >= 0.6 is 46.7 Å². The summed E-state index contributed by atoms with van der Waals surface area (Å²) in [5.74, 6) is 2.16. The van der Waals surface area contributed by atoms with Gasteiger partial charge in [-0.2, -0.15) is 0 Å². The van der Waals surface area contributed by atoms with Gasteiger partial charge in [-0.25, -0.2) is 4.98 Å². The minimum Gasteiger partial charge on any atom is -0.224 e. The Labute approximate surface area is 109 Å². The third-order valence-corrected chi connectivity index (χ3v) is 4.71. The van der Waals surface area contributed by atoms with E-state index in [-0.39, 0.29) is 0 Å². The van der Waals surface area contributed by atoms with E-state index in [4.69, 9.17) is 23.2 Å². The highest BCUT2D eigenvalue weighted by atomic mass is 35.5. The highest BCUT2D eigenvalue weighted by Gasteiger charge is 2.12. The molecule has 0 aliphatic heterocycles. The maximum absolute atomic E-state index is 5.88. The van der Waals surface area contributed by atoms with Gasteiger partial charge < -0.3 is 0 Å². The highest BCUT2D eigenvalue weighted by molar-refractivity contribution is 8.16. The van der Waals surface area contributed by atoms with Crippen LogP contribution in [0.25, 0.3) is 0 Å². The summed E-state index contributed by atoms with van der Waals surface area (Å²) >= 11 is 15.5. The van der Waals surface area contributed by atoms with Gasteiger partial charge in [0, 0.05) is 0 Å². The van der Waals surface area contributed by atoms with E-state index in [9.17, 15) is 0 Å². The van der Waals surface area contributed by atoms with Gasteiger partial charge in [-0.05, 0) is 29.2 Å². The second-order valence-electron chi connectivity index (χ2n) is 2.79. The van der Waals surface area contributed by atoms with Crippen LogP contribution in [0.4, 0.5) is 0 Å². The second-order valence-corrected chi connectivity index (χ2v) is 6.63. The van der Waals surface area contributed by atoms with Crippen molar-refractivity contribution in [2.45, 2.75) is 18.4 Å². The summed E-state index contributed by atoms with van der Waals surface area (Å²) in [5, 5.41) is 0.937. The van der Waals surface area contributed by atoms with Gasteiger partial charge in [0.15, 0.2) is 0 Å². The summed E-state index contributed by atoms with van der Waals surface area (Å²) in [6.45, 7) is 4.30. The number of aromatic nitrogens is 1. The van der Waals surface area contributed by atoms with Crippen molar-refractivity contribution < 1.29 is 0 Å². The summed E-state index contributed by atoms with van der Waals surface area (Å²) in [4.78, 5) is 3.95. The van der Waals surface area contributed by atoms with Gasteiger partial charge in [-0.15, -0.1) is 23.5 Å². The number of nitrogens with zero attached hydrogens (tertiary/aromatic N) is 1. The van der Waals surface area contributed by atoms with E-state index in [0.29, 0.717) is 14.9 Å². The molecule has 0 N–H and O–H groups in total. The predicted molar refractivity (Wildman–Crippen MR) is 73.3 cm³/mol. The zero-order chi connectivity index (χ0) is 11.3. The fourth-order valence-corrected chi connectivity index (χ4v) is 4.10. The van der Waals surface area contributed by atoms with Crippen molar-refractivity contribution in [3.05, 3.63) is 28.0 Å².